The average Bonchev–Trinajstić information content (AvgIpc) is 3.34. The Balaban J connectivity index is 0.00000210. The van der Waals surface area contributed by atoms with Crippen LogP contribution in [0.4, 0.5) is 0 Å². The molecular formula is C19H27ClN6O. The lowest BCUT2D eigenvalue weighted by Gasteiger charge is -2.26. The summed E-state index contributed by atoms with van der Waals surface area (Å²) < 4.78 is 0. The van der Waals surface area contributed by atoms with Crippen molar-refractivity contribution in [2.75, 3.05) is 13.1 Å². The third-order valence-electron chi connectivity index (χ3n) is 5.82. The van der Waals surface area contributed by atoms with Crippen molar-refractivity contribution < 1.29 is 4.79 Å². The van der Waals surface area contributed by atoms with Gasteiger partial charge >= 0.3 is 0 Å². The summed E-state index contributed by atoms with van der Waals surface area (Å²) >= 11 is 0. The van der Waals surface area contributed by atoms with E-state index in [0.29, 0.717) is 17.7 Å². The van der Waals surface area contributed by atoms with Crippen LogP contribution in [0.15, 0.2) is 30.3 Å². The maximum atomic E-state index is 13.2. The fourth-order valence-corrected chi connectivity index (χ4v) is 4.37. The molecule has 1 saturated heterocycles. The normalized spacial score (nSPS) is 25.3. The summed E-state index contributed by atoms with van der Waals surface area (Å²) in [6.07, 6.45) is 2.21. The molecule has 1 saturated carbocycles. The number of benzene rings is 1. The van der Waals surface area contributed by atoms with Crippen molar-refractivity contribution in [3.05, 3.63) is 30.3 Å². The van der Waals surface area contributed by atoms with E-state index in [0.717, 1.165) is 31.5 Å². The van der Waals surface area contributed by atoms with E-state index in [1.54, 1.807) is 0 Å². The van der Waals surface area contributed by atoms with E-state index in [2.05, 4.69) is 15.4 Å². The van der Waals surface area contributed by atoms with Gasteiger partial charge in [-0.25, -0.2) is 0 Å². The third kappa shape index (κ3) is 3.71. The molecule has 1 aromatic heterocycles. The number of tetrazole rings is 1. The van der Waals surface area contributed by atoms with Crippen LogP contribution in [0.1, 0.15) is 32.7 Å². The Bertz CT molecular complexity index is 780. The molecule has 4 rings (SSSR count). The van der Waals surface area contributed by atoms with Gasteiger partial charge in [0, 0.05) is 24.7 Å². The number of hydrogen-bond donors (Lipinski definition) is 1. The van der Waals surface area contributed by atoms with Crippen molar-refractivity contribution in [3.8, 4) is 11.4 Å². The monoisotopic (exact) mass is 390 g/mol. The van der Waals surface area contributed by atoms with Crippen LogP contribution in [0.25, 0.3) is 11.4 Å². The van der Waals surface area contributed by atoms with E-state index in [-0.39, 0.29) is 30.3 Å². The van der Waals surface area contributed by atoms with Gasteiger partial charge in [-0.15, -0.1) is 22.6 Å². The average molecular weight is 391 g/mol. The molecule has 2 fully saturated rings. The number of likely N-dealkylation sites (tertiary alicyclic amines) is 1. The predicted molar refractivity (Wildman–Crippen MR) is 105 cm³/mol. The van der Waals surface area contributed by atoms with Crippen LogP contribution in [0, 0.1) is 17.8 Å². The second kappa shape index (κ2) is 7.94. The first-order chi connectivity index (χ1) is 12.5. The fourth-order valence-electron chi connectivity index (χ4n) is 4.37. The molecule has 2 heterocycles. The van der Waals surface area contributed by atoms with E-state index in [1.165, 1.54) is 4.80 Å². The molecule has 2 N–H and O–H groups in total. The van der Waals surface area contributed by atoms with Crippen LogP contribution in [-0.4, -0.2) is 50.1 Å². The van der Waals surface area contributed by atoms with Gasteiger partial charge in [-0.3, -0.25) is 4.79 Å². The van der Waals surface area contributed by atoms with Gasteiger partial charge in [0.1, 0.15) is 0 Å². The summed E-state index contributed by atoms with van der Waals surface area (Å²) in [5.74, 6) is 1.69. The summed E-state index contributed by atoms with van der Waals surface area (Å²) in [5.41, 5.74) is 7.12. The molecule has 1 amide bonds. The van der Waals surface area contributed by atoms with Gasteiger partial charge in [0.25, 0.3) is 0 Å². The Morgan fingerprint density at radius 3 is 2.59 bits per heavy atom. The number of hydrogen-bond acceptors (Lipinski definition) is 5. The summed E-state index contributed by atoms with van der Waals surface area (Å²) in [5, 5.41) is 12.9. The first kappa shape index (κ1) is 19.8. The maximum Gasteiger partial charge on any atom is 0.249 e. The van der Waals surface area contributed by atoms with Crippen LogP contribution < -0.4 is 5.73 Å². The molecule has 4 unspecified atom stereocenters. The Morgan fingerprint density at radius 1 is 1.19 bits per heavy atom. The van der Waals surface area contributed by atoms with E-state index < -0.39 is 6.04 Å². The number of aromatic nitrogens is 4. The van der Waals surface area contributed by atoms with E-state index in [4.69, 9.17) is 5.73 Å². The van der Waals surface area contributed by atoms with Gasteiger partial charge in [0.15, 0.2) is 6.04 Å². The standard InChI is InChI=1S/C19H26N6O.ClH/c1-12(2)17(19(26)24-10-14-8-9-16(20)15(14)11-24)25-22-18(21-23-25)13-6-4-3-5-7-13;/h3-7,12,14-17H,8-11,20H2,1-2H3;1H. The minimum atomic E-state index is -0.435. The second-order valence-electron chi connectivity index (χ2n) is 7.90. The second-order valence-corrected chi connectivity index (χ2v) is 7.90. The van der Waals surface area contributed by atoms with Crippen molar-refractivity contribution >= 4 is 18.3 Å². The summed E-state index contributed by atoms with van der Waals surface area (Å²) in [4.78, 5) is 16.7. The van der Waals surface area contributed by atoms with Crippen LogP contribution >= 0.6 is 12.4 Å². The molecule has 2 aliphatic rings. The van der Waals surface area contributed by atoms with Gasteiger partial charge < -0.3 is 10.6 Å². The zero-order valence-electron chi connectivity index (χ0n) is 15.7. The highest BCUT2D eigenvalue weighted by Crippen LogP contribution is 2.38. The molecular weight excluding hydrogens is 364 g/mol. The largest absolute Gasteiger partial charge is 0.340 e. The lowest BCUT2D eigenvalue weighted by atomic mass is 9.98. The van der Waals surface area contributed by atoms with Crippen molar-refractivity contribution in [1.29, 1.82) is 0 Å². The number of halogens is 1. The van der Waals surface area contributed by atoms with Gasteiger partial charge in [-0.1, -0.05) is 44.2 Å². The summed E-state index contributed by atoms with van der Waals surface area (Å²) in [6, 6.07) is 9.50. The number of carbonyl (C=O) groups is 1. The molecule has 0 radical (unpaired) electrons. The zero-order chi connectivity index (χ0) is 18.3. The van der Waals surface area contributed by atoms with Gasteiger partial charge in [-0.2, -0.15) is 4.80 Å². The Hall–Kier alpha value is -1.99. The van der Waals surface area contributed by atoms with Crippen molar-refractivity contribution in [2.24, 2.45) is 23.5 Å². The molecule has 1 aliphatic heterocycles. The molecule has 7 nitrogen and oxygen atoms in total. The highest BCUT2D eigenvalue weighted by atomic mass is 35.5. The molecule has 0 spiro atoms. The molecule has 2 aromatic rings. The predicted octanol–water partition coefficient (Wildman–Crippen LogP) is 2.15. The molecule has 4 atom stereocenters. The first-order valence-corrected chi connectivity index (χ1v) is 9.44. The lowest BCUT2D eigenvalue weighted by molar-refractivity contribution is -0.136. The number of carbonyl (C=O) groups excluding carboxylic acids is 1. The number of fused-ring (bicyclic) bond motifs is 1. The molecule has 27 heavy (non-hydrogen) atoms. The molecule has 8 heteroatoms. The Morgan fingerprint density at radius 2 is 1.93 bits per heavy atom. The van der Waals surface area contributed by atoms with Crippen LogP contribution in [0.3, 0.4) is 0 Å². The number of nitrogens with two attached hydrogens (primary N) is 1. The minimum absolute atomic E-state index is 0. The van der Waals surface area contributed by atoms with E-state index in [1.807, 2.05) is 49.1 Å². The smallest absolute Gasteiger partial charge is 0.249 e. The molecule has 1 aliphatic carbocycles. The third-order valence-corrected chi connectivity index (χ3v) is 5.82. The first-order valence-electron chi connectivity index (χ1n) is 9.44. The van der Waals surface area contributed by atoms with E-state index >= 15 is 0 Å². The number of amides is 1. The Labute approximate surface area is 165 Å². The summed E-state index contributed by atoms with van der Waals surface area (Å²) in [7, 11) is 0. The maximum absolute atomic E-state index is 13.2. The summed E-state index contributed by atoms with van der Waals surface area (Å²) in [6.45, 7) is 5.61. The van der Waals surface area contributed by atoms with Gasteiger partial charge in [-0.05, 0) is 35.8 Å². The molecule has 1 aromatic carbocycles. The lowest BCUT2D eigenvalue weighted by Crippen LogP contribution is -2.40. The van der Waals surface area contributed by atoms with E-state index in [9.17, 15) is 4.79 Å². The van der Waals surface area contributed by atoms with Crippen LogP contribution in [0.5, 0.6) is 0 Å². The van der Waals surface area contributed by atoms with Crippen molar-refractivity contribution in [1.82, 2.24) is 25.1 Å². The van der Waals surface area contributed by atoms with Gasteiger partial charge in [0.2, 0.25) is 11.7 Å². The minimum Gasteiger partial charge on any atom is -0.340 e. The number of nitrogens with zero attached hydrogens (tertiary/aromatic N) is 5. The molecule has 0 bridgehead atoms. The van der Waals surface area contributed by atoms with Crippen LogP contribution in [0.2, 0.25) is 0 Å². The van der Waals surface area contributed by atoms with Gasteiger partial charge in [0.05, 0.1) is 0 Å². The molecule has 146 valence electrons. The highest BCUT2D eigenvalue weighted by molar-refractivity contribution is 5.85. The van der Waals surface area contributed by atoms with Crippen LogP contribution in [-0.2, 0) is 4.79 Å². The highest BCUT2D eigenvalue weighted by Gasteiger charge is 2.44. The van der Waals surface area contributed by atoms with Crippen molar-refractivity contribution in [3.63, 3.8) is 0 Å². The fraction of sp³-hybridized carbons (Fsp3) is 0.579. The zero-order valence-corrected chi connectivity index (χ0v) is 16.5. The van der Waals surface area contributed by atoms with Crippen molar-refractivity contribution in [2.45, 2.75) is 38.8 Å². The quantitative estimate of drug-likeness (QED) is 0.863. The Kier molecular flexibility index (Phi) is 5.81. The SMILES string of the molecule is CC(C)C(C(=O)N1CC2CCC(N)C2C1)n1nnc(-c2ccccc2)n1.Cl. The topological polar surface area (TPSA) is 89.9 Å². The number of rotatable bonds is 4.